The zero-order chi connectivity index (χ0) is 14.5. The lowest BCUT2D eigenvalue weighted by molar-refractivity contribution is -0.137. The lowest BCUT2D eigenvalue weighted by atomic mass is 10.1. The third kappa shape index (κ3) is 3.80. The maximum atomic E-state index is 12.2. The third-order valence-electron chi connectivity index (χ3n) is 3.54. The fourth-order valence-electron chi connectivity index (χ4n) is 2.32. The number of hydrogen-bond donors (Lipinski definition) is 2. The van der Waals surface area contributed by atoms with E-state index in [1.165, 1.54) is 10.9 Å². The predicted octanol–water partition coefficient (Wildman–Crippen LogP) is 0.182. The van der Waals surface area contributed by atoms with Gasteiger partial charge in [0.15, 0.2) is 0 Å². The number of nitrogens with one attached hydrogen (secondary N) is 1. The molecule has 0 atom stereocenters. The van der Waals surface area contributed by atoms with Crippen molar-refractivity contribution in [3.63, 3.8) is 0 Å². The number of piperidine rings is 1. The largest absolute Gasteiger partial charge is 0.481 e. The highest BCUT2D eigenvalue weighted by Gasteiger charge is 2.20. The van der Waals surface area contributed by atoms with Crippen LogP contribution in [0.15, 0.2) is 12.3 Å². The highest BCUT2D eigenvalue weighted by Crippen LogP contribution is 2.09. The molecule has 1 aliphatic heterocycles. The van der Waals surface area contributed by atoms with Crippen molar-refractivity contribution in [1.82, 2.24) is 20.0 Å². The number of carbonyl (C=O) groups is 2. The molecule has 0 spiro atoms. The summed E-state index contributed by atoms with van der Waals surface area (Å²) < 4.78 is 1.44. The van der Waals surface area contributed by atoms with Crippen LogP contribution in [0.4, 0.5) is 0 Å². The molecular formula is C13H20N4O3. The quantitative estimate of drug-likeness (QED) is 0.803. The van der Waals surface area contributed by atoms with Gasteiger partial charge in [0.2, 0.25) is 0 Å². The van der Waals surface area contributed by atoms with Gasteiger partial charge >= 0.3 is 5.97 Å². The molecule has 1 amide bonds. The standard InChI is InChI=1S/C13H20N4O3/c1-16-7-3-10(4-8-16)15-13(20)11-2-6-14-17(11)9-5-12(18)19/h2,6,10H,3-5,7-9H2,1H3,(H,15,20)(H,18,19). The number of carboxylic acid groups (broad SMARTS) is 1. The van der Waals surface area contributed by atoms with E-state index in [9.17, 15) is 9.59 Å². The molecule has 1 aliphatic rings. The molecule has 1 fully saturated rings. The summed E-state index contributed by atoms with van der Waals surface area (Å²) in [4.78, 5) is 25.0. The van der Waals surface area contributed by atoms with Crippen molar-refractivity contribution < 1.29 is 14.7 Å². The van der Waals surface area contributed by atoms with Crippen molar-refractivity contribution in [2.24, 2.45) is 0 Å². The fourth-order valence-corrected chi connectivity index (χ4v) is 2.32. The molecule has 0 aromatic carbocycles. The summed E-state index contributed by atoms with van der Waals surface area (Å²) in [6.45, 7) is 2.16. The molecule has 20 heavy (non-hydrogen) atoms. The SMILES string of the molecule is CN1CCC(NC(=O)c2ccnn2CCC(=O)O)CC1. The van der Waals surface area contributed by atoms with Crippen molar-refractivity contribution in [1.29, 1.82) is 0 Å². The molecule has 0 aliphatic carbocycles. The van der Waals surface area contributed by atoms with E-state index >= 15 is 0 Å². The Kier molecular flexibility index (Phi) is 4.73. The molecule has 2 heterocycles. The summed E-state index contributed by atoms with van der Waals surface area (Å²) in [5.41, 5.74) is 0.421. The number of likely N-dealkylation sites (tertiary alicyclic amines) is 1. The molecular weight excluding hydrogens is 260 g/mol. The van der Waals surface area contributed by atoms with Crippen LogP contribution in [0.3, 0.4) is 0 Å². The van der Waals surface area contributed by atoms with E-state index < -0.39 is 5.97 Å². The second-order valence-corrected chi connectivity index (χ2v) is 5.13. The van der Waals surface area contributed by atoms with Crippen molar-refractivity contribution in [2.45, 2.75) is 31.8 Å². The minimum atomic E-state index is -0.901. The Morgan fingerprint density at radius 1 is 1.45 bits per heavy atom. The summed E-state index contributed by atoms with van der Waals surface area (Å²) in [7, 11) is 2.07. The average molecular weight is 280 g/mol. The summed E-state index contributed by atoms with van der Waals surface area (Å²) >= 11 is 0. The first kappa shape index (κ1) is 14.5. The van der Waals surface area contributed by atoms with E-state index in [4.69, 9.17) is 5.11 Å². The highest BCUT2D eigenvalue weighted by atomic mass is 16.4. The molecule has 1 saturated heterocycles. The lowest BCUT2D eigenvalue weighted by Crippen LogP contribution is -2.43. The molecule has 1 aromatic heterocycles. The Hall–Kier alpha value is -1.89. The van der Waals surface area contributed by atoms with E-state index in [2.05, 4.69) is 22.4 Å². The van der Waals surface area contributed by atoms with Crippen LogP contribution in [0, 0.1) is 0 Å². The molecule has 0 saturated carbocycles. The number of nitrogens with zero attached hydrogens (tertiary/aromatic N) is 3. The number of aromatic nitrogens is 2. The number of hydrogen-bond acceptors (Lipinski definition) is 4. The number of carboxylic acids is 1. The van der Waals surface area contributed by atoms with Crippen molar-refractivity contribution in [2.75, 3.05) is 20.1 Å². The summed E-state index contributed by atoms with van der Waals surface area (Å²) in [6, 6.07) is 1.80. The maximum absolute atomic E-state index is 12.2. The van der Waals surface area contributed by atoms with Crippen LogP contribution in [0.5, 0.6) is 0 Å². The molecule has 1 aromatic rings. The van der Waals surface area contributed by atoms with Crippen LogP contribution >= 0.6 is 0 Å². The van der Waals surface area contributed by atoms with Crippen LogP contribution in [0.2, 0.25) is 0 Å². The van der Waals surface area contributed by atoms with Gasteiger partial charge in [-0.1, -0.05) is 0 Å². The lowest BCUT2D eigenvalue weighted by Gasteiger charge is -2.29. The second kappa shape index (κ2) is 6.51. The Morgan fingerprint density at radius 3 is 2.80 bits per heavy atom. The van der Waals surface area contributed by atoms with Gasteiger partial charge in [0.05, 0.1) is 13.0 Å². The Morgan fingerprint density at radius 2 is 2.15 bits per heavy atom. The third-order valence-corrected chi connectivity index (χ3v) is 3.54. The minimum absolute atomic E-state index is 0.0455. The van der Waals surface area contributed by atoms with Crippen LogP contribution in [-0.4, -0.2) is 57.8 Å². The summed E-state index contributed by atoms with van der Waals surface area (Å²) in [5.74, 6) is -1.08. The topological polar surface area (TPSA) is 87.5 Å². The van der Waals surface area contributed by atoms with Crippen molar-refractivity contribution >= 4 is 11.9 Å². The van der Waals surface area contributed by atoms with Gasteiger partial charge in [-0.25, -0.2) is 0 Å². The number of aryl methyl sites for hydroxylation is 1. The molecule has 7 nitrogen and oxygen atoms in total. The first-order chi connectivity index (χ1) is 9.56. The molecule has 7 heteroatoms. The predicted molar refractivity (Wildman–Crippen MR) is 72.5 cm³/mol. The number of aliphatic carboxylic acids is 1. The molecule has 2 rings (SSSR count). The Labute approximate surface area is 117 Å². The van der Waals surface area contributed by atoms with Gasteiger partial charge in [0, 0.05) is 12.2 Å². The van der Waals surface area contributed by atoms with Gasteiger partial charge in [0.1, 0.15) is 5.69 Å². The monoisotopic (exact) mass is 280 g/mol. The Balaban J connectivity index is 1.92. The Bertz CT molecular complexity index is 478. The van der Waals surface area contributed by atoms with Crippen molar-refractivity contribution in [3.05, 3.63) is 18.0 Å². The van der Waals surface area contributed by atoms with Gasteiger partial charge in [-0.3, -0.25) is 14.3 Å². The van der Waals surface area contributed by atoms with Crippen LogP contribution in [0.25, 0.3) is 0 Å². The average Bonchev–Trinajstić information content (AvgIpc) is 2.87. The first-order valence-electron chi connectivity index (χ1n) is 6.79. The zero-order valence-electron chi connectivity index (χ0n) is 11.6. The van der Waals surface area contributed by atoms with E-state index in [0.29, 0.717) is 5.69 Å². The van der Waals surface area contributed by atoms with Gasteiger partial charge in [-0.15, -0.1) is 0 Å². The first-order valence-corrected chi connectivity index (χ1v) is 6.79. The van der Waals surface area contributed by atoms with Crippen LogP contribution in [0.1, 0.15) is 29.8 Å². The molecule has 0 bridgehead atoms. The van der Waals surface area contributed by atoms with Crippen LogP contribution < -0.4 is 5.32 Å². The summed E-state index contributed by atoms with van der Waals surface area (Å²) in [6.07, 6.45) is 3.35. The second-order valence-electron chi connectivity index (χ2n) is 5.13. The fraction of sp³-hybridized carbons (Fsp3) is 0.615. The minimum Gasteiger partial charge on any atom is -0.481 e. The molecule has 2 N–H and O–H groups in total. The van der Waals surface area contributed by atoms with Gasteiger partial charge in [0.25, 0.3) is 5.91 Å². The zero-order valence-corrected chi connectivity index (χ0v) is 11.6. The normalized spacial score (nSPS) is 17.1. The van der Waals surface area contributed by atoms with E-state index in [1.54, 1.807) is 6.07 Å². The van der Waals surface area contributed by atoms with E-state index in [0.717, 1.165) is 25.9 Å². The highest BCUT2D eigenvalue weighted by molar-refractivity contribution is 5.92. The molecule has 0 radical (unpaired) electrons. The van der Waals surface area contributed by atoms with E-state index in [-0.39, 0.29) is 24.9 Å². The van der Waals surface area contributed by atoms with Gasteiger partial charge in [-0.05, 0) is 39.0 Å². The van der Waals surface area contributed by atoms with Crippen LogP contribution in [-0.2, 0) is 11.3 Å². The number of amides is 1. The molecule has 0 unspecified atom stereocenters. The van der Waals surface area contributed by atoms with Gasteiger partial charge < -0.3 is 15.3 Å². The van der Waals surface area contributed by atoms with Crippen molar-refractivity contribution in [3.8, 4) is 0 Å². The summed E-state index contributed by atoms with van der Waals surface area (Å²) in [5, 5.41) is 15.7. The maximum Gasteiger partial charge on any atom is 0.305 e. The smallest absolute Gasteiger partial charge is 0.305 e. The van der Waals surface area contributed by atoms with E-state index in [1.807, 2.05) is 0 Å². The number of rotatable bonds is 5. The van der Waals surface area contributed by atoms with Gasteiger partial charge in [-0.2, -0.15) is 5.10 Å². The molecule has 110 valence electrons. The number of carbonyl (C=O) groups excluding carboxylic acids is 1.